The third-order valence-electron chi connectivity index (χ3n) is 3.72. The first-order valence-corrected chi connectivity index (χ1v) is 9.44. The third-order valence-corrected chi connectivity index (χ3v) is 6.23. The van der Waals surface area contributed by atoms with Gasteiger partial charge >= 0.3 is 0 Å². The summed E-state index contributed by atoms with van der Waals surface area (Å²) in [7, 11) is -1.71. The van der Waals surface area contributed by atoms with Gasteiger partial charge in [0, 0.05) is 25.5 Å². The molecule has 4 nitrogen and oxygen atoms in total. The van der Waals surface area contributed by atoms with E-state index in [4.69, 9.17) is 0 Å². The largest absolute Gasteiger partial charge is 0.302 e. The van der Waals surface area contributed by atoms with Crippen LogP contribution in [0.5, 0.6) is 0 Å². The van der Waals surface area contributed by atoms with E-state index in [9.17, 15) is 8.42 Å². The molecule has 2 rings (SSSR count). The Morgan fingerprint density at radius 3 is 2.35 bits per heavy atom. The highest BCUT2D eigenvalue weighted by Gasteiger charge is 2.21. The molecule has 0 aromatic heterocycles. The van der Waals surface area contributed by atoms with Crippen molar-refractivity contribution < 1.29 is 8.42 Å². The highest BCUT2D eigenvalue weighted by Crippen LogP contribution is 2.16. The Morgan fingerprint density at radius 1 is 1.20 bits per heavy atom. The summed E-state index contributed by atoms with van der Waals surface area (Å²) >= 11 is 3.36. The van der Waals surface area contributed by atoms with Crippen LogP contribution in [0.25, 0.3) is 0 Å². The molecular weight excluding hydrogens is 340 g/mol. The van der Waals surface area contributed by atoms with Crippen molar-refractivity contribution in [3.05, 3.63) is 29.8 Å². The molecule has 1 aromatic rings. The molecule has 0 spiro atoms. The zero-order chi connectivity index (χ0) is 14.6. The first-order valence-electron chi connectivity index (χ1n) is 6.87. The molecular formula is C14H21BrN2O2S. The molecule has 112 valence electrons. The minimum absolute atomic E-state index is 0.367. The van der Waals surface area contributed by atoms with Gasteiger partial charge in [-0.3, -0.25) is 0 Å². The summed E-state index contributed by atoms with van der Waals surface area (Å²) in [5.41, 5.74) is 1.07. The molecule has 0 atom stereocenters. The molecule has 1 fully saturated rings. The van der Waals surface area contributed by atoms with Crippen LogP contribution in [0, 0.1) is 0 Å². The summed E-state index contributed by atoms with van der Waals surface area (Å²) in [5, 5.41) is 0.734. The predicted octanol–water partition coefficient (Wildman–Crippen LogP) is 2.30. The Labute approximate surface area is 129 Å². The van der Waals surface area contributed by atoms with Crippen LogP contribution in [-0.2, 0) is 15.4 Å². The van der Waals surface area contributed by atoms with Gasteiger partial charge in [0.25, 0.3) is 0 Å². The van der Waals surface area contributed by atoms with Crippen LogP contribution in [-0.4, -0.2) is 50.8 Å². The average Bonchev–Trinajstić information content (AvgIpc) is 2.98. The number of likely N-dealkylation sites (N-methyl/N-ethyl adjacent to an activating group) is 1. The van der Waals surface area contributed by atoms with Crippen molar-refractivity contribution in [3.8, 4) is 0 Å². The second-order valence-electron chi connectivity index (χ2n) is 5.15. The number of hydrogen-bond donors (Lipinski definition) is 0. The van der Waals surface area contributed by atoms with Gasteiger partial charge in [-0.15, -0.1) is 0 Å². The van der Waals surface area contributed by atoms with E-state index in [1.165, 1.54) is 17.1 Å². The quantitative estimate of drug-likeness (QED) is 0.730. The molecule has 0 amide bonds. The lowest BCUT2D eigenvalue weighted by Crippen LogP contribution is -2.35. The molecule has 0 radical (unpaired) electrons. The zero-order valence-corrected chi connectivity index (χ0v) is 14.2. The van der Waals surface area contributed by atoms with Gasteiger partial charge < -0.3 is 4.90 Å². The SMILES string of the molecule is CN(CCN1CCCC1)S(=O)(=O)c1ccc(CBr)cc1. The Balaban J connectivity index is 2.00. The van der Waals surface area contributed by atoms with Crippen LogP contribution in [0.2, 0.25) is 0 Å². The van der Waals surface area contributed by atoms with E-state index in [1.54, 1.807) is 19.2 Å². The molecule has 1 heterocycles. The average molecular weight is 361 g/mol. The molecule has 6 heteroatoms. The number of halogens is 1. The van der Waals surface area contributed by atoms with E-state index in [0.717, 1.165) is 30.5 Å². The van der Waals surface area contributed by atoms with Gasteiger partial charge in [-0.2, -0.15) is 4.31 Å². The lowest BCUT2D eigenvalue weighted by molar-refractivity contribution is 0.310. The maximum atomic E-state index is 12.4. The summed E-state index contributed by atoms with van der Waals surface area (Å²) in [6.07, 6.45) is 2.45. The van der Waals surface area contributed by atoms with Crippen LogP contribution in [0.3, 0.4) is 0 Å². The lowest BCUT2D eigenvalue weighted by Gasteiger charge is -2.21. The predicted molar refractivity (Wildman–Crippen MR) is 84.6 cm³/mol. The number of benzene rings is 1. The second-order valence-corrected chi connectivity index (χ2v) is 7.76. The third kappa shape index (κ3) is 3.81. The first-order chi connectivity index (χ1) is 9.54. The second kappa shape index (κ2) is 7.02. The topological polar surface area (TPSA) is 40.6 Å². The summed E-state index contributed by atoms with van der Waals surface area (Å²) in [6, 6.07) is 7.04. The van der Waals surface area contributed by atoms with Crippen molar-refractivity contribution in [3.63, 3.8) is 0 Å². The zero-order valence-electron chi connectivity index (χ0n) is 11.8. The van der Waals surface area contributed by atoms with Crippen molar-refractivity contribution in [2.24, 2.45) is 0 Å². The molecule has 0 N–H and O–H groups in total. The summed E-state index contributed by atoms with van der Waals surface area (Å²) in [6.45, 7) is 3.54. The van der Waals surface area contributed by atoms with Gasteiger partial charge in [0.05, 0.1) is 4.90 Å². The molecule has 0 saturated carbocycles. The Hall–Kier alpha value is -0.430. The molecule has 20 heavy (non-hydrogen) atoms. The number of hydrogen-bond acceptors (Lipinski definition) is 3. The highest BCUT2D eigenvalue weighted by atomic mass is 79.9. The Bertz CT molecular complexity index is 525. The minimum atomic E-state index is -3.36. The normalized spacial score (nSPS) is 16.9. The van der Waals surface area contributed by atoms with Crippen molar-refractivity contribution in [1.82, 2.24) is 9.21 Å². The monoisotopic (exact) mass is 360 g/mol. The number of nitrogens with zero attached hydrogens (tertiary/aromatic N) is 2. The summed E-state index contributed by atoms with van der Waals surface area (Å²) in [5.74, 6) is 0. The summed E-state index contributed by atoms with van der Waals surface area (Å²) < 4.78 is 26.3. The van der Waals surface area contributed by atoms with Crippen molar-refractivity contribution in [2.75, 3.05) is 33.2 Å². The van der Waals surface area contributed by atoms with E-state index in [0.29, 0.717) is 11.4 Å². The van der Waals surface area contributed by atoms with Crippen LogP contribution in [0.1, 0.15) is 18.4 Å². The van der Waals surface area contributed by atoms with Gasteiger partial charge in [0.1, 0.15) is 0 Å². The standard InChI is InChI=1S/C14H21BrN2O2S/c1-16(10-11-17-8-2-3-9-17)20(18,19)14-6-4-13(12-15)5-7-14/h4-7H,2-3,8-12H2,1H3. The van der Waals surface area contributed by atoms with Crippen LogP contribution < -0.4 is 0 Å². The molecule has 0 bridgehead atoms. The van der Waals surface area contributed by atoms with E-state index >= 15 is 0 Å². The molecule has 1 saturated heterocycles. The Morgan fingerprint density at radius 2 is 1.80 bits per heavy atom. The maximum Gasteiger partial charge on any atom is 0.242 e. The van der Waals surface area contributed by atoms with E-state index in [1.807, 2.05) is 12.1 Å². The number of alkyl halides is 1. The van der Waals surface area contributed by atoms with Crippen molar-refractivity contribution in [1.29, 1.82) is 0 Å². The van der Waals surface area contributed by atoms with Gasteiger partial charge in [-0.25, -0.2) is 8.42 Å². The summed E-state index contributed by atoms with van der Waals surface area (Å²) in [4.78, 5) is 2.69. The highest BCUT2D eigenvalue weighted by molar-refractivity contribution is 9.08. The number of sulfonamides is 1. The smallest absolute Gasteiger partial charge is 0.242 e. The number of rotatable bonds is 6. The van der Waals surface area contributed by atoms with E-state index < -0.39 is 10.0 Å². The Kier molecular flexibility index (Phi) is 5.60. The van der Waals surface area contributed by atoms with Gasteiger partial charge in [-0.1, -0.05) is 28.1 Å². The van der Waals surface area contributed by atoms with Crippen LogP contribution >= 0.6 is 15.9 Å². The number of likely N-dealkylation sites (tertiary alicyclic amines) is 1. The van der Waals surface area contributed by atoms with Crippen LogP contribution in [0.15, 0.2) is 29.2 Å². The lowest BCUT2D eigenvalue weighted by atomic mass is 10.2. The fourth-order valence-electron chi connectivity index (χ4n) is 2.34. The first kappa shape index (κ1) is 15.9. The molecule has 1 aliphatic rings. The van der Waals surface area contributed by atoms with Crippen molar-refractivity contribution >= 4 is 26.0 Å². The maximum absolute atomic E-state index is 12.4. The fraction of sp³-hybridized carbons (Fsp3) is 0.571. The fourth-order valence-corrected chi connectivity index (χ4v) is 3.87. The van der Waals surface area contributed by atoms with E-state index in [2.05, 4.69) is 20.8 Å². The van der Waals surface area contributed by atoms with Gasteiger partial charge in [0.2, 0.25) is 10.0 Å². The minimum Gasteiger partial charge on any atom is -0.302 e. The van der Waals surface area contributed by atoms with Crippen LogP contribution in [0.4, 0.5) is 0 Å². The molecule has 0 aliphatic carbocycles. The molecule has 0 unspecified atom stereocenters. The van der Waals surface area contributed by atoms with E-state index in [-0.39, 0.29) is 0 Å². The van der Waals surface area contributed by atoms with Crippen molar-refractivity contribution in [2.45, 2.75) is 23.1 Å². The molecule has 1 aromatic carbocycles. The molecule has 1 aliphatic heterocycles. The van der Waals surface area contributed by atoms with Gasteiger partial charge in [-0.05, 0) is 43.6 Å². The van der Waals surface area contributed by atoms with Gasteiger partial charge in [0.15, 0.2) is 0 Å².